The number of unbranched alkanes of at least 4 members (excludes halogenated alkanes) is 1. The van der Waals surface area contributed by atoms with Crippen molar-refractivity contribution in [3.63, 3.8) is 0 Å². The molecule has 1 unspecified atom stereocenters. The van der Waals surface area contributed by atoms with Gasteiger partial charge in [0.2, 0.25) is 10.0 Å². The van der Waals surface area contributed by atoms with Crippen molar-refractivity contribution < 1.29 is 8.42 Å². The summed E-state index contributed by atoms with van der Waals surface area (Å²) >= 11 is 0. The van der Waals surface area contributed by atoms with Crippen LogP contribution in [0.5, 0.6) is 0 Å². The molecular weight excluding hydrogens is 260 g/mol. The molecule has 0 bridgehead atoms. The second kappa shape index (κ2) is 7.60. The first-order valence-corrected chi connectivity index (χ1v) is 9.15. The zero-order valence-electron chi connectivity index (χ0n) is 12.9. The molecule has 0 radical (unpaired) electrons. The number of sulfonamides is 1. The Morgan fingerprint density at radius 2 is 1.89 bits per heavy atom. The quantitative estimate of drug-likeness (QED) is 0.696. The number of nitrogens with zero attached hydrogens (tertiary/aromatic N) is 1. The summed E-state index contributed by atoms with van der Waals surface area (Å²) in [5, 5.41) is 3.31. The standard InChI is InChI=1S/C14H30N2O2S/c1-12(2)14-7-9-16(11-14)19(17,18)10-6-5-8-15-13(3)4/h12-15H,5-11H2,1-4H3. The fourth-order valence-corrected chi connectivity index (χ4v) is 4.11. The van der Waals surface area contributed by atoms with Gasteiger partial charge in [-0.05, 0) is 37.6 Å². The van der Waals surface area contributed by atoms with Gasteiger partial charge in [-0.2, -0.15) is 0 Å². The molecule has 0 saturated carbocycles. The van der Waals surface area contributed by atoms with Gasteiger partial charge in [-0.1, -0.05) is 27.7 Å². The molecular formula is C14H30N2O2S. The average molecular weight is 290 g/mol. The third kappa shape index (κ3) is 5.79. The predicted octanol–water partition coefficient (Wildman–Crippen LogP) is 2.07. The highest BCUT2D eigenvalue weighted by Crippen LogP contribution is 2.26. The second-order valence-corrected chi connectivity index (χ2v) is 8.37. The molecule has 1 rings (SSSR count). The van der Waals surface area contributed by atoms with Crippen LogP contribution in [0.25, 0.3) is 0 Å². The predicted molar refractivity (Wildman–Crippen MR) is 80.7 cm³/mol. The molecule has 1 fully saturated rings. The topological polar surface area (TPSA) is 49.4 Å². The lowest BCUT2D eigenvalue weighted by atomic mass is 9.96. The van der Waals surface area contributed by atoms with Gasteiger partial charge in [-0.25, -0.2) is 12.7 Å². The maximum Gasteiger partial charge on any atom is 0.214 e. The van der Waals surface area contributed by atoms with Crippen LogP contribution in [0.15, 0.2) is 0 Å². The van der Waals surface area contributed by atoms with Gasteiger partial charge < -0.3 is 5.32 Å². The number of hydrogen-bond acceptors (Lipinski definition) is 3. The maximum absolute atomic E-state index is 12.2. The normalized spacial score (nSPS) is 21.7. The van der Waals surface area contributed by atoms with Crippen molar-refractivity contribution in [2.45, 2.75) is 53.0 Å². The Balaban J connectivity index is 2.29. The summed E-state index contributed by atoms with van der Waals surface area (Å²) in [7, 11) is -3.02. The molecule has 1 atom stereocenters. The average Bonchev–Trinajstić information content (AvgIpc) is 2.77. The van der Waals surface area contributed by atoms with E-state index in [-0.39, 0.29) is 0 Å². The molecule has 0 aromatic rings. The number of nitrogens with one attached hydrogen (secondary N) is 1. The highest BCUT2D eigenvalue weighted by molar-refractivity contribution is 7.89. The van der Waals surface area contributed by atoms with E-state index in [9.17, 15) is 8.42 Å². The molecule has 1 aliphatic heterocycles. The van der Waals surface area contributed by atoms with E-state index < -0.39 is 10.0 Å². The number of hydrogen-bond donors (Lipinski definition) is 1. The molecule has 0 amide bonds. The van der Waals surface area contributed by atoms with Crippen molar-refractivity contribution >= 4 is 10.0 Å². The number of rotatable bonds is 8. The monoisotopic (exact) mass is 290 g/mol. The fourth-order valence-electron chi connectivity index (χ4n) is 2.48. The Hall–Kier alpha value is -0.130. The molecule has 114 valence electrons. The summed E-state index contributed by atoms with van der Waals surface area (Å²) in [6, 6.07) is 0.474. The molecule has 0 aliphatic carbocycles. The summed E-state index contributed by atoms with van der Waals surface area (Å²) in [6.45, 7) is 10.9. The van der Waals surface area contributed by atoms with Crippen LogP contribution in [0.4, 0.5) is 0 Å². The summed E-state index contributed by atoms with van der Waals surface area (Å²) < 4.78 is 26.1. The van der Waals surface area contributed by atoms with Crippen LogP contribution in [0, 0.1) is 11.8 Å². The fraction of sp³-hybridized carbons (Fsp3) is 1.00. The van der Waals surface area contributed by atoms with E-state index in [1.165, 1.54) is 0 Å². The summed E-state index contributed by atoms with van der Waals surface area (Å²) in [5.74, 6) is 1.42. The molecule has 19 heavy (non-hydrogen) atoms. The molecule has 1 aliphatic rings. The Bertz CT molecular complexity index is 352. The third-order valence-corrected chi connectivity index (χ3v) is 5.83. The molecule has 5 heteroatoms. The largest absolute Gasteiger partial charge is 0.315 e. The van der Waals surface area contributed by atoms with Gasteiger partial charge in [-0.3, -0.25) is 0 Å². The van der Waals surface area contributed by atoms with Crippen LogP contribution in [-0.2, 0) is 10.0 Å². The molecule has 0 aromatic heterocycles. The molecule has 0 aromatic carbocycles. The van der Waals surface area contributed by atoms with Crippen LogP contribution in [0.3, 0.4) is 0 Å². The summed E-state index contributed by atoms with van der Waals surface area (Å²) in [5.41, 5.74) is 0. The van der Waals surface area contributed by atoms with E-state index in [0.717, 1.165) is 38.9 Å². The van der Waals surface area contributed by atoms with Crippen molar-refractivity contribution in [2.24, 2.45) is 11.8 Å². The SMILES string of the molecule is CC(C)NCCCCS(=O)(=O)N1CCC(C(C)C)C1. The lowest BCUT2D eigenvalue weighted by molar-refractivity contribution is 0.388. The highest BCUT2D eigenvalue weighted by Gasteiger charge is 2.32. The lowest BCUT2D eigenvalue weighted by Gasteiger charge is -2.18. The summed E-state index contributed by atoms with van der Waals surface area (Å²) in [6.07, 6.45) is 2.70. The minimum Gasteiger partial charge on any atom is -0.315 e. The third-order valence-electron chi connectivity index (χ3n) is 3.91. The smallest absolute Gasteiger partial charge is 0.214 e. The van der Waals surface area contributed by atoms with Gasteiger partial charge in [0, 0.05) is 19.1 Å². The molecule has 1 heterocycles. The van der Waals surface area contributed by atoms with E-state index in [4.69, 9.17) is 0 Å². The lowest BCUT2D eigenvalue weighted by Crippen LogP contribution is -2.32. The van der Waals surface area contributed by atoms with Gasteiger partial charge in [0.25, 0.3) is 0 Å². The van der Waals surface area contributed by atoms with Crippen molar-refractivity contribution in [1.29, 1.82) is 0 Å². The van der Waals surface area contributed by atoms with Crippen molar-refractivity contribution in [1.82, 2.24) is 9.62 Å². The molecule has 4 nitrogen and oxygen atoms in total. The summed E-state index contributed by atoms with van der Waals surface area (Å²) in [4.78, 5) is 0. The van der Waals surface area contributed by atoms with Crippen molar-refractivity contribution in [3.05, 3.63) is 0 Å². The van der Waals surface area contributed by atoms with Crippen LogP contribution >= 0.6 is 0 Å². The Labute approximate surface area is 119 Å². The molecule has 1 N–H and O–H groups in total. The first-order chi connectivity index (χ1) is 8.83. The highest BCUT2D eigenvalue weighted by atomic mass is 32.2. The van der Waals surface area contributed by atoms with Gasteiger partial charge in [0.1, 0.15) is 0 Å². The zero-order valence-corrected chi connectivity index (χ0v) is 13.7. The first kappa shape index (κ1) is 16.9. The van der Waals surface area contributed by atoms with Gasteiger partial charge in [-0.15, -0.1) is 0 Å². The van der Waals surface area contributed by atoms with Crippen LogP contribution in [-0.4, -0.2) is 44.2 Å². The Kier molecular flexibility index (Phi) is 6.77. The van der Waals surface area contributed by atoms with Crippen LogP contribution in [0.1, 0.15) is 47.0 Å². The molecule has 1 saturated heterocycles. The van der Waals surface area contributed by atoms with E-state index in [1.807, 2.05) is 0 Å². The van der Waals surface area contributed by atoms with Gasteiger partial charge in [0.05, 0.1) is 5.75 Å². The van der Waals surface area contributed by atoms with E-state index in [2.05, 4.69) is 33.0 Å². The first-order valence-electron chi connectivity index (χ1n) is 7.54. The Morgan fingerprint density at radius 1 is 1.21 bits per heavy atom. The van der Waals surface area contributed by atoms with E-state index in [1.54, 1.807) is 4.31 Å². The van der Waals surface area contributed by atoms with Crippen molar-refractivity contribution in [3.8, 4) is 0 Å². The van der Waals surface area contributed by atoms with Crippen LogP contribution in [0.2, 0.25) is 0 Å². The minimum absolute atomic E-state index is 0.303. The Morgan fingerprint density at radius 3 is 2.42 bits per heavy atom. The van der Waals surface area contributed by atoms with Crippen LogP contribution < -0.4 is 5.32 Å². The van der Waals surface area contributed by atoms with Gasteiger partial charge >= 0.3 is 0 Å². The maximum atomic E-state index is 12.2. The minimum atomic E-state index is -3.02. The zero-order chi connectivity index (χ0) is 14.5. The van der Waals surface area contributed by atoms with E-state index >= 15 is 0 Å². The van der Waals surface area contributed by atoms with Crippen molar-refractivity contribution in [2.75, 3.05) is 25.4 Å². The second-order valence-electron chi connectivity index (χ2n) is 6.28. The molecule has 0 spiro atoms. The van der Waals surface area contributed by atoms with E-state index in [0.29, 0.717) is 23.6 Å². The van der Waals surface area contributed by atoms with Gasteiger partial charge in [0.15, 0.2) is 0 Å².